The van der Waals surface area contributed by atoms with Crippen LogP contribution in [0.3, 0.4) is 0 Å². The van der Waals surface area contributed by atoms with E-state index in [1.54, 1.807) is 0 Å². The summed E-state index contributed by atoms with van der Waals surface area (Å²) in [5.74, 6) is 0.776. The summed E-state index contributed by atoms with van der Waals surface area (Å²) in [4.78, 5) is 16.0. The van der Waals surface area contributed by atoms with E-state index in [0.717, 1.165) is 31.8 Å². The lowest BCUT2D eigenvalue weighted by Gasteiger charge is -2.44. The Morgan fingerprint density at radius 2 is 2.00 bits per heavy atom. The number of hydrogen-bond donors (Lipinski definition) is 2. The second kappa shape index (κ2) is 8.93. The van der Waals surface area contributed by atoms with Gasteiger partial charge in [-0.3, -0.25) is 14.6 Å². The zero-order valence-corrected chi connectivity index (χ0v) is 17.1. The molecule has 4 rings (SSSR count). The number of carboxylic acid groups (broad SMARTS) is 1. The number of nitrogens with zero attached hydrogens (tertiary/aromatic N) is 2. The lowest BCUT2D eigenvalue weighted by Crippen LogP contribution is -2.56. The molecule has 5 heteroatoms. The van der Waals surface area contributed by atoms with E-state index in [0.29, 0.717) is 24.0 Å². The molecular weight excluding hydrogens is 350 g/mol. The summed E-state index contributed by atoms with van der Waals surface area (Å²) in [6.07, 6.45) is 6.03. The lowest BCUT2D eigenvalue weighted by atomic mass is 9.83. The van der Waals surface area contributed by atoms with Gasteiger partial charge in [-0.1, -0.05) is 30.3 Å². The molecule has 1 aromatic rings. The maximum atomic E-state index is 11.2. The summed E-state index contributed by atoms with van der Waals surface area (Å²) in [6, 6.07) is 12.3. The third kappa shape index (κ3) is 5.34. The van der Waals surface area contributed by atoms with Gasteiger partial charge in [-0.25, -0.2) is 0 Å². The van der Waals surface area contributed by atoms with Crippen LogP contribution in [-0.4, -0.2) is 65.2 Å². The fourth-order valence-electron chi connectivity index (χ4n) is 4.93. The van der Waals surface area contributed by atoms with Gasteiger partial charge in [0.25, 0.3) is 0 Å². The summed E-state index contributed by atoms with van der Waals surface area (Å²) in [6.45, 7) is 6.94. The molecule has 3 fully saturated rings. The first-order valence-electron chi connectivity index (χ1n) is 11.0. The van der Waals surface area contributed by atoms with Gasteiger partial charge in [0.15, 0.2) is 0 Å². The summed E-state index contributed by atoms with van der Waals surface area (Å²) in [7, 11) is 0. The van der Waals surface area contributed by atoms with Crippen LogP contribution in [0.4, 0.5) is 0 Å². The molecule has 154 valence electrons. The lowest BCUT2D eigenvalue weighted by molar-refractivity contribution is -0.139. The van der Waals surface area contributed by atoms with Gasteiger partial charge in [-0.2, -0.15) is 0 Å². The minimum Gasteiger partial charge on any atom is -0.480 e. The van der Waals surface area contributed by atoms with Crippen molar-refractivity contribution in [2.45, 2.75) is 63.7 Å². The number of benzene rings is 1. The fourth-order valence-corrected chi connectivity index (χ4v) is 4.93. The summed E-state index contributed by atoms with van der Waals surface area (Å²) < 4.78 is 0. The molecule has 1 heterocycles. The molecule has 2 atom stereocenters. The van der Waals surface area contributed by atoms with Crippen molar-refractivity contribution in [2.75, 3.05) is 26.2 Å². The van der Waals surface area contributed by atoms with Gasteiger partial charge in [-0.05, 0) is 63.0 Å². The molecule has 2 aliphatic carbocycles. The van der Waals surface area contributed by atoms with Crippen LogP contribution in [0.1, 0.15) is 44.6 Å². The predicted molar refractivity (Wildman–Crippen MR) is 111 cm³/mol. The SMILES string of the molecule is CC(NC1CC(N(CC(=O)O)CC2CC2)C1)C1CCN(Cc2ccccc2)C1. The monoisotopic (exact) mass is 385 g/mol. The molecule has 0 radical (unpaired) electrons. The van der Waals surface area contributed by atoms with Crippen LogP contribution in [-0.2, 0) is 11.3 Å². The number of carboxylic acids is 1. The van der Waals surface area contributed by atoms with Gasteiger partial charge in [0.2, 0.25) is 0 Å². The van der Waals surface area contributed by atoms with Crippen molar-refractivity contribution in [3.63, 3.8) is 0 Å². The van der Waals surface area contributed by atoms with Crippen LogP contribution in [0, 0.1) is 11.8 Å². The standard InChI is InChI=1S/C23H35N3O2/c1-17(20-9-10-25(15-20)13-18-5-3-2-4-6-18)24-21-11-22(12-21)26(16-23(27)28)14-19-7-8-19/h2-6,17,19-22,24H,7-16H2,1H3,(H,27,28). The Hall–Kier alpha value is -1.43. The molecule has 5 nitrogen and oxygen atoms in total. The molecule has 3 aliphatic rings. The molecule has 0 spiro atoms. The summed E-state index contributed by atoms with van der Waals surface area (Å²) in [5, 5.41) is 13.1. The van der Waals surface area contributed by atoms with Crippen LogP contribution < -0.4 is 5.32 Å². The van der Waals surface area contributed by atoms with E-state index in [4.69, 9.17) is 0 Å². The van der Waals surface area contributed by atoms with Crippen molar-refractivity contribution in [3.05, 3.63) is 35.9 Å². The highest BCUT2D eigenvalue weighted by Crippen LogP contribution is 2.34. The Bertz CT molecular complexity index is 643. The molecule has 1 aromatic carbocycles. The average Bonchev–Trinajstić information content (AvgIpc) is 3.33. The molecule has 0 bridgehead atoms. The third-order valence-electron chi connectivity index (χ3n) is 6.92. The van der Waals surface area contributed by atoms with E-state index in [9.17, 15) is 9.90 Å². The Kier molecular flexibility index (Phi) is 6.34. The molecule has 0 aromatic heterocycles. The smallest absolute Gasteiger partial charge is 0.317 e. The largest absolute Gasteiger partial charge is 0.480 e. The quantitative estimate of drug-likeness (QED) is 0.649. The first-order valence-corrected chi connectivity index (χ1v) is 11.0. The van der Waals surface area contributed by atoms with Crippen LogP contribution in [0.5, 0.6) is 0 Å². The Labute approximate surface area is 169 Å². The van der Waals surface area contributed by atoms with Gasteiger partial charge in [-0.15, -0.1) is 0 Å². The maximum absolute atomic E-state index is 11.2. The summed E-state index contributed by atoms with van der Waals surface area (Å²) >= 11 is 0. The van der Waals surface area contributed by atoms with E-state index >= 15 is 0 Å². The number of nitrogens with one attached hydrogen (secondary N) is 1. The van der Waals surface area contributed by atoms with E-state index in [1.807, 2.05) is 0 Å². The number of hydrogen-bond acceptors (Lipinski definition) is 4. The van der Waals surface area contributed by atoms with E-state index in [2.05, 4.69) is 52.4 Å². The second-order valence-electron chi connectivity index (χ2n) is 9.31. The van der Waals surface area contributed by atoms with Gasteiger partial charge in [0.05, 0.1) is 6.54 Å². The van der Waals surface area contributed by atoms with Crippen molar-refractivity contribution in [1.29, 1.82) is 0 Å². The van der Waals surface area contributed by atoms with Crippen molar-refractivity contribution >= 4 is 5.97 Å². The highest BCUT2D eigenvalue weighted by Gasteiger charge is 2.38. The van der Waals surface area contributed by atoms with Crippen LogP contribution >= 0.6 is 0 Å². The van der Waals surface area contributed by atoms with Gasteiger partial charge in [0, 0.05) is 37.8 Å². The second-order valence-corrected chi connectivity index (χ2v) is 9.31. The topological polar surface area (TPSA) is 55.8 Å². The Balaban J connectivity index is 1.18. The average molecular weight is 386 g/mol. The molecule has 1 saturated heterocycles. The highest BCUT2D eigenvalue weighted by atomic mass is 16.4. The van der Waals surface area contributed by atoms with Crippen molar-refractivity contribution in [1.82, 2.24) is 15.1 Å². The third-order valence-corrected chi connectivity index (χ3v) is 6.92. The normalized spacial score (nSPS) is 29.0. The molecule has 0 amide bonds. The minimum atomic E-state index is -0.685. The minimum absolute atomic E-state index is 0.209. The molecule has 2 N–H and O–H groups in total. The molecule has 28 heavy (non-hydrogen) atoms. The zero-order chi connectivity index (χ0) is 19.5. The van der Waals surface area contributed by atoms with E-state index in [1.165, 1.54) is 37.9 Å². The number of aliphatic carboxylic acids is 1. The van der Waals surface area contributed by atoms with E-state index < -0.39 is 5.97 Å². The first-order chi connectivity index (χ1) is 13.6. The number of rotatable bonds is 10. The highest BCUT2D eigenvalue weighted by molar-refractivity contribution is 5.69. The van der Waals surface area contributed by atoms with E-state index in [-0.39, 0.29) is 6.54 Å². The fraction of sp³-hybridized carbons (Fsp3) is 0.696. The molecule has 2 saturated carbocycles. The molecular formula is C23H35N3O2. The summed E-state index contributed by atoms with van der Waals surface area (Å²) in [5.41, 5.74) is 1.40. The Morgan fingerprint density at radius 1 is 1.25 bits per heavy atom. The van der Waals surface area contributed by atoms with Crippen molar-refractivity contribution in [2.24, 2.45) is 11.8 Å². The number of carbonyl (C=O) groups is 1. The van der Waals surface area contributed by atoms with Crippen LogP contribution in [0.25, 0.3) is 0 Å². The van der Waals surface area contributed by atoms with Crippen molar-refractivity contribution < 1.29 is 9.90 Å². The first kappa shape index (κ1) is 19.9. The maximum Gasteiger partial charge on any atom is 0.317 e. The molecule has 1 aliphatic heterocycles. The molecule has 2 unspecified atom stereocenters. The van der Waals surface area contributed by atoms with Crippen LogP contribution in [0.15, 0.2) is 30.3 Å². The van der Waals surface area contributed by atoms with Gasteiger partial charge in [0.1, 0.15) is 0 Å². The predicted octanol–water partition coefficient (Wildman–Crippen LogP) is 2.81. The zero-order valence-electron chi connectivity index (χ0n) is 17.1. The Morgan fingerprint density at radius 3 is 2.68 bits per heavy atom. The van der Waals surface area contributed by atoms with Crippen LogP contribution in [0.2, 0.25) is 0 Å². The van der Waals surface area contributed by atoms with Crippen molar-refractivity contribution in [3.8, 4) is 0 Å². The van der Waals surface area contributed by atoms with Gasteiger partial charge < -0.3 is 10.4 Å². The number of likely N-dealkylation sites (tertiary alicyclic amines) is 1. The van der Waals surface area contributed by atoms with Gasteiger partial charge >= 0.3 is 5.97 Å².